The number of rotatable bonds is 7. The summed E-state index contributed by atoms with van der Waals surface area (Å²) in [5.41, 5.74) is 2.42. The number of aryl methyl sites for hydroxylation is 1. The zero-order valence-corrected chi connectivity index (χ0v) is 20.1. The number of benzene rings is 1. The lowest BCUT2D eigenvalue weighted by Gasteiger charge is -2.33. The van der Waals surface area contributed by atoms with Crippen LogP contribution in [0.2, 0.25) is 0 Å². The first-order valence-corrected chi connectivity index (χ1v) is 12.3. The number of nitrogens with zero attached hydrogens (tertiary/aromatic N) is 1. The van der Waals surface area contributed by atoms with Crippen LogP contribution in [0.5, 0.6) is 0 Å². The van der Waals surface area contributed by atoms with Crippen molar-refractivity contribution in [3.05, 3.63) is 48.0 Å². The highest BCUT2D eigenvalue weighted by Crippen LogP contribution is 2.37. The third kappa shape index (κ3) is 4.88. The maximum absolute atomic E-state index is 13.7. The number of allylic oxidation sites excluding steroid dienone is 1. The largest absolute Gasteiger partial charge is 0.358 e. The third-order valence-electron chi connectivity index (χ3n) is 7.40. The van der Waals surface area contributed by atoms with Crippen molar-refractivity contribution in [1.82, 2.24) is 20.9 Å². The number of carbonyl (C=O) groups is 3. The van der Waals surface area contributed by atoms with Gasteiger partial charge in [0.1, 0.15) is 18.3 Å². The highest BCUT2D eigenvalue weighted by atomic mass is 16.5. The Morgan fingerprint density at radius 3 is 2.79 bits per heavy atom. The highest BCUT2D eigenvalue weighted by molar-refractivity contribution is 5.94. The van der Waals surface area contributed by atoms with Crippen LogP contribution in [0.4, 0.5) is 0 Å². The summed E-state index contributed by atoms with van der Waals surface area (Å²) in [5.74, 6) is -0.754. The second-order valence-corrected chi connectivity index (χ2v) is 9.55. The van der Waals surface area contributed by atoms with E-state index in [2.05, 4.69) is 34.7 Å². The molecule has 8 nitrogen and oxygen atoms in total. The number of likely N-dealkylation sites (N-methyl/N-ethyl adjacent to an activating group) is 1. The van der Waals surface area contributed by atoms with Gasteiger partial charge in [0.25, 0.3) is 0 Å². The van der Waals surface area contributed by atoms with E-state index < -0.39 is 24.4 Å². The maximum Gasteiger partial charge on any atom is 0.247 e. The van der Waals surface area contributed by atoms with E-state index in [0.717, 1.165) is 24.8 Å². The van der Waals surface area contributed by atoms with Crippen LogP contribution < -0.4 is 16.0 Å². The topological polar surface area (TPSA) is 99.8 Å². The molecule has 1 aliphatic carbocycles. The van der Waals surface area contributed by atoms with E-state index in [9.17, 15) is 14.4 Å². The standard InChI is InChI=1S/C26H36N4O4/c1-4-8-18-15-22-30(26(33)21(13-14-34-22)29-24(31)16(2)27-3)23(18)25(32)28-20-12-7-10-17-9-5-6-11-19(17)20/h4-6,9,11,16,18,20-23,27H,1,7-8,10,12-15H2,2-3H3,(H,28,32)(H,29,31)/t16-,18?,20+,21-,22-,23+/m0/s1. The van der Waals surface area contributed by atoms with Crippen LogP contribution in [0, 0.1) is 5.92 Å². The summed E-state index contributed by atoms with van der Waals surface area (Å²) in [6.07, 6.45) is 5.77. The molecule has 0 bridgehead atoms. The first kappa shape index (κ1) is 24.4. The Morgan fingerprint density at radius 1 is 1.24 bits per heavy atom. The van der Waals surface area contributed by atoms with Crippen LogP contribution >= 0.6 is 0 Å². The molecular weight excluding hydrogens is 432 g/mol. The molecule has 3 N–H and O–H groups in total. The predicted molar refractivity (Wildman–Crippen MR) is 129 cm³/mol. The van der Waals surface area contributed by atoms with E-state index in [1.165, 1.54) is 5.56 Å². The molecule has 2 saturated heterocycles. The lowest BCUT2D eigenvalue weighted by molar-refractivity contribution is -0.149. The molecule has 6 atom stereocenters. The summed E-state index contributed by atoms with van der Waals surface area (Å²) < 4.78 is 6.02. The maximum atomic E-state index is 13.7. The molecule has 1 aromatic carbocycles. The molecule has 8 heteroatoms. The van der Waals surface area contributed by atoms with Gasteiger partial charge >= 0.3 is 0 Å². The lowest BCUT2D eigenvalue weighted by atomic mass is 9.87. The Balaban J connectivity index is 1.56. The van der Waals surface area contributed by atoms with Gasteiger partial charge in [-0.1, -0.05) is 30.3 Å². The van der Waals surface area contributed by atoms with Gasteiger partial charge in [0.05, 0.1) is 18.7 Å². The molecular formula is C26H36N4O4. The predicted octanol–water partition coefficient (Wildman–Crippen LogP) is 1.81. The minimum absolute atomic E-state index is 0.0733. The Hall–Kier alpha value is -2.71. The van der Waals surface area contributed by atoms with Crippen molar-refractivity contribution in [3.63, 3.8) is 0 Å². The number of hydrogen-bond acceptors (Lipinski definition) is 5. The van der Waals surface area contributed by atoms with Gasteiger partial charge in [0.15, 0.2) is 0 Å². The average Bonchev–Trinajstić information content (AvgIpc) is 3.13. The Morgan fingerprint density at radius 2 is 2.03 bits per heavy atom. The zero-order valence-electron chi connectivity index (χ0n) is 20.1. The van der Waals surface area contributed by atoms with Gasteiger partial charge < -0.3 is 25.6 Å². The fraction of sp³-hybridized carbons (Fsp3) is 0.577. The minimum atomic E-state index is -0.721. The van der Waals surface area contributed by atoms with Crippen molar-refractivity contribution in [2.24, 2.45) is 5.92 Å². The number of nitrogens with one attached hydrogen (secondary N) is 3. The second-order valence-electron chi connectivity index (χ2n) is 9.55. The van der Waals surface area contributed by atoms with Crippen LogP contribution in [-0.2, 0) is 25.5 Å². The first-order chi connectivity index (χ1) is 16.4. The summed E-state index contributed by atoms with van der Waals surface area (Å²) in [5, 5.41) is 8.98. The van der Waals surface area contributed by atoms with Gasteiger partial charge in [0.2, 0.25) is 17.7 Å². The van der Waals surface area contributed by atoms with E-state index in [-0.39, 0.29) is 29.7 Å². The zero-order chi connectivity index (χ0) is 24.2. The van der Waals surface area contributed by atoms with Crippen molar-refractivity contribution in [2.45, 2.75) is 75.8 Å². The van der Waals surface area contributed by atoms with Gasteiger partial charge in [-0.25, -0.2) is 0 Å². The molecule has 0 saturated carbocycles. The molecule has 2 aliphatic heterocycles. The third-order valence-corrected chi connectivity index (χ3v) is 7.40. The normalized spacial score (nSPS) is 29.4. The summed E-state index contributed by atoms with van der Waals surface area (Å²) in [4.78, 5) is 41.4. The fourth-order valence-electron chi connectivity index (χ4n) is 5.46. The van der Waals surface area contributed by atoms with E-state index in [0.29, 0.717) is 25.9 Å². The van der Waals surface area contributed by atoms with Crippen LogP contribution in [0.3, 0.4) is 0 Å². The monoisotopic (exact) mass is 468 g/mol. The van der Waals surface area contributed by atoms with Crippen molar-refractivity contribution in [3.8, 4) is 0 Å². The molecule has 3 amide bonds. The van der Waals surface area contributed by atoms with E-state index in [4.69, 9.17) is 4.74 Å². The van der Waals surface area contributed by atoms with Gasteiger partial charge in [-0.2, -0.15) is 0 Å². The number of hydrogen-bond donors (Lipinski definition) is 3. The quantitative estimate of drug-likeness (QED) is 0.530. The summed E-state index contributed by atoms with van der Waals surface area (Å²) >= 11 is 0. The minimum Gasteiger partial charge on any atom is -0.358 e. The van der Waals surface area contributed by atoms with E-state index in [1.54, 1.807) is 24.9 Å². The molecule has 184 valence electrons. The number of ether oxygens (including phenoxy) is 1. The van der Waals surface area contributed by atoms with Crippen molar-refractivity contribution >= 4 is 17.7 Å². The molecule has 2 heterocycles. The molecule has 34 heavy (non-hydrogen) atoms. The van der Waals surface area contributed by atoms with Crippen LogP contribution in [0.15, 0.2) is 36.9 Å². The van der Waals surface area contributed by atoms with Gasteiger partial charge in [-0.05, 0) is 63.1 Å². The van der Waals surface area contributed by atoms with Crippen LogP contribution in [0.25, 0.3) is 0 Å². The Kier molecular flexibility index (Phi) is 7.68. The summed E-state index contributed by atoms with van der Waals surface area (Å²) in [7, 11) is 1.70. The molecule has 4 rings (SSSR count). The second kappa shape index (κ2) is 10.7. The highest BCUT2D eigenvalue weighted by Gasteiger charge is 2.50. The molecule has 1 aromatic rings. The molecule has 0 aromatic heterocycles. The average molecular weight is 469 g/mol. The number of fused-ring (bicyclic) bond motifs is 2. The van der Waals surface area contributed by atoms with E-state index in [1.807, 2.05) is 12.1 Å². The van der Waals surface area contributed by atoms with Crippen molar-refractivity contribution in [1.29, 1.82) is 0 Å². The SMILES string of the molecule is C=CCC1C[C@@H]2OCC[C@H](NC(=O)[C@H](C)NC)C(=O)N2[C@H]1C(=O)N[C@@H]1CCCc2ccccc21. The smallest absolute Gasteiger partial charge is 0.247 e. The summed E-state index contributed by atoms with van der Waals surface area (Å²) in [6.45, 7) is 5.95. The van der Waals surface area contributed by atoms with E-state index >= 15 is 0 Å². The fourth-order valence-corrected chi connectivity index (χ4v) is 5.46. The molecule has 0 spiro atoms. The van der Waals surface area contributed by atoms with Gasteiger partial charge in [-0.15, -0.1) is 6.58 Å². The van der Waals surface area contributed by atoms with Gasteiger partial charge in [-0.3, -0.25) is 14.4 Å². The number of amides is 3. The van der Waals surface area contributed by atoms with Crippen LogP contribution in [0.1, 0.15) is 56.2 Å². The molecule has 2 fully saturated rings. The van der Waals surface area contributed by atoms with Crippen molar-refractivity contribution < 1.29 is 19.1 Å². The molecule has 3 aliphatic rings. The molecule has 1 unspecified atom stereocenters. The Bertz CT molecular complexity index is 935. The lowest BCUT2D eigenvalue weighted by Crippen LogP contribution is -2.57. The van der Waals surface area contributed by atoms with Gasteiger partial charge in [0, 0.05) is 6.42 Å². The van der Waals surface area contributed by atoms with Crippen LogP contribution in [-0.4, -0.2) is 60.6 Å². The Labute approximate surface area is 201 Å². The number of carbonyl (C=O) groups excluding carboxylic acids is 3. The molecule has 0 radical (unpaired) electrons. The van der Waals surface area contributed by atoms with Crippen molar-refractivity contribution in [2.75, 3.05) is 13.7 Å². The summed E-state index contributed by atoms with van der Waals surface area (Å²) in [6, 6.07) is 6.34. The first-order valence-electron chi connectivity index (χ1n) is 12.3.